The van der Waals surface area contributed by atoms with Crippen LogP contribution in [-0.2, 0) is 20.5 Å². The number of esters is 1. The van der Waals surface area contributed by atoms with E-state index in [-0.39, 0.29) is 0 Å². The lowest BCUT2D eigenvalue weighted by molar-refractivity contribution is -0.148. The second kappa shape index (κ2) is 9.07. The molecule has 0 radical (unpaired) electrons. The lowest BCUT2D eigenvalue weighted by Gasteiger charge is -2.16. The molecule has 148 valence electrons. The first-order valence-corrected chi connectivity index (χ1v) is 8.20. The second-order valence-electron chi connectivity index (χ2n) is 5.72. The first kappa shape index (κ1) is 21.0. The minimum atomic E-state index is -4.62. The Morgan fingerprint density at radius 3 is 2.32 bits per heavy atom. The van der Waals surface area contributed by atoms with Crippen molar-refractivity contribution in [3.8, 4) is 5.75 Å². The molecular formula is C20H18F3NO4. The van der Waals surface area contributed by atoms with E-state index in [2.05, 4.69) is 5.32 Å². The van der Waals surface area contributed by atoms with Crippen molar-refractivity contribution in [3.63, 3.8) is 0 Å². The molecule has 8 heteroatoms. The number of nitrogens with one attached hydrogen (secondary N) is 1. The topological polar surface area (TPSA) is 64.6 Å². The van der Waals surface area contributed by atoms with E-state index in [1.807, 2.05) is 0 Å². The molecule has 1 atom stereocenters. The molecular weight excluding hydrogens is 375 g/mol. The van der Waals surface area contributed by atoms with Crippen LogP contribution in [0.5, 0.6) is 5.75 Å². The number of methoxy groups -OCH3 is 1. The van der Waals surface area contributed by atoms with Crippen LogP contribution in [0.15, 0.2) is 54.6 Å². The fourth-order valence-corrected chi connectivity index (χ4v) is 2.22. The van der Waals surface area contributed by atoms with Crippen molar-refractivity contribution < 1.29 is 32.2 Å². The lowest BCUT2D eigenvalue weighted by Crippen LogP contribution is -2.30. The van der Waals surface area contributed by atoms with Gasteiger partial charge in [-0.3, -0.25) is 4.79 Å². The first-order chi connectivity index (χ1) is 13.2. The number of halogens is 3. The SMILES string of the molecule is COc1ccc(C=CC(=O)OC(C)C(=O)Nc2ccccc2C(F)(F)F)cc1. The summed E-state index contributed by atoms with van der Waals surface area (Å²) in [4.78, 5) is 23.9. The summed E-state index contributed by atoms with van der Waals surface area (Å²) in [6.07, 6.45) is -3.31. The molecule has 0 fully saturated rings. The van der Waals surface area contributed by atoms with Crippen molar-refractivity contribution in [2.45, 2.75) is 19.2 Å². The highest BCUT2D eigenvalue weighted by molar-refractivity contribution is 5.97. The van der Waals surface area contributed by atoms with Gasteiger partial charge < -0.3 is 14.8 Å². The van der Waals surface area contributed by atoms with Crippen LogP contribution in [0.4, 0.5) is 18.9 Å². The van der Waals surface area contributed by atoms with E-state index >= 15 is 0 Å². The van der Waals surface area contributed by atoms with Crippen molar-refractivity contribution in [3.05, 3.63) is 65.7 Å². The molecule has 2 aromatic rings. The molecule has 0 aromatic heterocycles. The monoisotopic (exact) mass is 393 g/mol. The van der Waals surface area contributed by atoms with Crippen LogP contribution >= 0.6 is 0 Å². The molecule has 0 aliphatic rings. The van der Waals surface area contributed by atoms with Gasteiger partial charge in [0.2, 0.25) is 0 Å². The Labute approximate surface area is 159 Å². The van der Waals surface area contributed by atoms with E-state index in [0.717, 1.165) is 18.2 Å². The molecule has 0 heterocycles. The Morgan fingerprint density at radius 1 is 1.07 bits per heavy atom. The predicted molar refractivity (Wildman–Crippen MR) is 97.7 cm³/mol. The summed E-state index contributed by atoms with van der Waals surface area (Å²) in [5.41, 5.74) is -0.688. The molecule has 2 rings (SSSR count). The van der Waals surface area contributed by atoms with Gasteiger partial charge in [-0.05, 0) is 42.8 Å². The zero-order valence-electron chi connectivity index (χ0n) is 15.1. The average molecular weight is 393 g/mol. The molecule has 0 bridgehead atoms. The van der Waals surface area contributed by atoms with Gasteiger partial charge in [-0.25, -0.2) is 4.79 Å². The van der Waals surface area contributed by atoms with Crippen LogP contribution in [0.3, 0.4) is 0 Å². The number of rotatable bonds is 6. The number of alkyl halides is 3. The highest BCUT2D eigenvalue weighted by Gasteiger charge is 2.34. The smallest absolute Gasteiger partial charge is 0.418 e. The number of carbonyl (C=O) groups is 2. The second-order valence-corrected chi connectivity index (χ2v) is 5.72. The summed E-state index contributed by atoms with van der Waals surface area (Å²) < 4.78 is 48.9. The van der Waals surface area contributed by atoms with Gasteiger partial charge in [0.1, 0.15) is 5.75 Å². The molecule has 0 aliphatic heterocycles. The Kier molecular flexibility index (Phi) is 6.81. The summed E-state index contributed by atoms with van der Waals surface area (Å²) >= 11 is 0. The fourth-order valence-electron chi connectivity index (χ4n) is 2.22. The molecule has 0 saturated carbocycles. The molecule has 0 saturated heterocycles. The number of ether oxygens (including phenoxy) is 2. The van der Waals surface area contributed by atoms with Crippen LogP contribution < -0.4 is 10.1 Å². The van der Waals surface area contributed by atoms with Crippen molar-refractivity contribution >= 4 is 23.6 Å². The van der Waals surface area contributed by atoms with Gasteiger partial charge in [0, 0.05) is 6.08 Å². The zero-order chi connectivity index (χ0) is 20.7. The number of amides is 1. The molecule has 5 nitrogen and oxygen atoms in total. The van der Waals surface area contributed by atoms with Gasteiger partial charge in [0.25, 0.3) is 5.91 Å². The van der Waals surface area contributed by atoms with E-state index < -0.39 is 35.4 Å². The van der Waals surface area contributed by atoms with Gasteiger partial charge in [0.15, 0.2) is 6.10 Å². The normalized spacial score (nSPS) is 12.5. The summed E-state index contributed by atoms with van der Waals surface area (Å²) in [5, 5.41) is 2.13. The maximum Gasteiger partial charge on any atom is 0.418 e. The highest BCUT2D eigenvalue weighted by atomic mass is 19.4. The Balaban J connectivity index is 1.96. The third kappa shape index (κ3) is 5.87. The zero-order valence-corrected chi connectivity index (χ0v) is 15.1. The molecule has 1 unspecified atom stereocenters. The molecule has 0 aliphatic carbocycles. The molecule has 0 spiro atoms. The van der Waals surface area contributed by atoms with Crippen molar-refractivity contribution in [2.75, 3.05) is 12.4 Å². The summed E-state index contributed by atoms with van der Waals surface area (Å²) in [6, 6.07) is 11.4. The van der Waals surface area contributed by atoms with E-state index in [0.29, 0.717) is 11.3 Å². The minimum Gasteiger partial charge on any atom is -0.497 e. The molecule has 1 amide bonds. The van der Waals surface area contributed by atoms with Crippen LogP contribution in [0.25, 0.3) is 6.08 Å². The van der Waals surface area contributed by atoms with Crippen molar-refractivity contribution in [1.82, 2.24) is 0 Å². The van der Waals surface area contributed by atoms with Gasteiger partial charge in [-0.15, -0.1) is 0 Å². The summed E-state index contributed by atoms with van der Waals surface area (Å²) in [6.45, 7) is 1.27. The molecule has 28 heavy (non-hydrogen) atoms. The molecule has 2 aromatic carbocycles. The third-order valence-electron chi connectivity index (χ3n) is 3.68. The highest BCUT2D eigenvalue weighted by Crippen LogP contribution is 2.34. The Hall–Kier alpha value is -3.29. The van der Waals surface area contributed by atoms with Crippen LogP contribution in [0.1, 0.15) is 18.1 Å². The predicted octanol–water partition coefficient (Wildman–Crippen LogP) is 4.30. The van der Waals surface area contributed by atoms with E-state index in [1.165, 1.54) is 32.2 Å². The van der Waals surface area contributed by atoms with Gasteiger partial charge >= 0.3 is 12.1 Å². The quantitative estimate of drug-likeness (QED) is 0.587. The minimum absolute atomic E-state index is 0.406. The molecule has 1 N–H and O–H groups in total. The Bertz CT molecular complexity index is 860. The average Bonchev–Trinajstić information content (AvgIpc) is 2.66. The fraction of sp³-hybridized carbons (Fsp3) is 0.200. The van der Waals surface area contributed by atoms with E-state index in [9.17, 15) is 22.8 Å². The maximum absolute atomic E-state index is 13.0. The standard InChI is InChI=1S/C20H18F3NO4/c1-13(19(26)24-17-6-4-3-5-16(17)20(21,22)23)28-18(25)12-9-14-7-10-15(27-2)11-8-14/h3-13H,1-2H3,(H,24,26). The largest absolute Gasteiger partial charge is 0.497 e. The first-order valence-electron chi connectivity index (χ1n) is 8.20. The third-order valence-corrected chi connectivity index (χ3v) is 3.68. The van der Waals surface area contributed by atoms with Crippen LogP contribution in [0.2, 0.25) is 0 Å². The number of hydrogen-bond acceptors (Lipinski definition) is 4. The van der Waals surface area contributed by atoms with Gasteiger partial charge in [0.05, 0.1) is 18.4 Å². The number of para-hydroxylation sites is 1. The van der Waals surface area contributed by atoms with Crippen molar-refractivity contribution in [1.29, 1.82) is 0 Å². The van der Waals surface area contributed by atoms with Gasteiger partial charge in [-0.2, -0.15) is 13.2 Å². The summed E-state index contributed by atoms with van der Waals surface area (Å²) in [7, 11) is 1.53. The van der Waals surface area contributed by atoms with Crippen LogP contribution in [-0.4, -0.2) is 25.1 Å². The lowest BCUT2D eigenvalue weighted by atomic mass is 10.1. The Morgan fingerprint density at radius 2 is 1.71 bits per heavy atom. The number of carbonyl (C=O) groups excluding carboxylic acids is 2. The number of benzene rings is 2. The van der Waals surface area contributed by atoms with Crippen LogP contribution in [0, 0.1) is 0 Å². The number of anilines is 1. The number of hydrogen-bond donors (Lipinski definition) is 1. The van der Waals surface area contributed by atoms with E-state index in [1.54, 1.807) is 24.3 Å². The van der Waals surface area contributed by atoms with Gasteiger partial charge in [-0.1, -0.05) is 24.3 Å². The van der Waals surface area contributed by atoms with Crippen molar-refractivity contribution in [2.24, 2.45) is 0 Å². The maximum atomic E-state index is 13.0. The summed E-state index contributed by atoms with van der Waals surface area (Å²) in [5.74, 6) is -1.02. The van der Waals surface area contributed by atoms with E-state index in [4.69, 9.17) is 9.47 Å².